The lowest BCUT2D eigenvalue weighted by Gasteiger charge is -2.26. The number of anilines is 2. The highest BCUT2D eigenvalue weighted by Crippen LogP contribution is 2.34. The van der Waals surface area contributed by atoms with Gasteiger partial charge in [-0.05, 0) is 48.9 Å². The monoisotopic (exact) mass is 476 g/mol. The average molecular weight is 477 g/mol. The Hall–Kier alpha value is -3.36. The van der Waals surface area contributed by atoms with Gasteiger partial charge in [-0.25, -0.2) is 0 Å². The van der Waals surface area contributed by atoms with E-state index in [1.165, 1.54) is 0 Å². The molecule has 1 unspecified atom stereocenters. The third kappa shape index (κ3) is 5.04. The van der Waals surface area contributed by atoms with E-state index in [2.05, 4.69) is 27.0 Å². The predicted molar refractivity (Wildman–Crippen MR) is 136 cm³/mol. The van der Waals surface area contributed by atoms with E-state index >= 15 is 0 Å². The molecule has 0 saturated carbocycles. The number of carbonyl (C=O) groups excluding carboxylic acids is 2. The minimum absolute atomic E-state index is 0.0677. The van der Waals surface area contributed by atoms with Gasteiger partial charge >= 0.3 is 0 Å². The van der Waals surface area contributed by atoms with Gasteiger partial charge in [0.1, 0.15) is 5.75 Å². The van der Waals surface area contributed by atoms with Crippen LogP contribution in [0.5, 0.6) is 5.75 Å². The maximum Gasteiger partial charge on any atom is 0.229 e. The summed E-state index contributed by atoms with van der Waals surface area (Å²) in [4.78, 5) is 29.9. The van der Waals surface area contributed by atoms with Crippen LogP contribution >= 0.6 is 0 Å². The number of fused-ring (bicyclic) bond motifs is 1. The molecular weight excluding hydrogens is 444 g/mol. The first-order valence-electron chi connectivity index (χ1n) is 12.2. The van der Waals surface area contributed by atoms with Crippen LogP contribution < -0.4 is 15.0 Å². The number of aromatic nitrogens is 1. The second-order valence-corrected chi connectivity index (χ2v) is 9.31. The third-order valence-electron chi connectivity index (χ3n) is 6.92. The number of nitrogens with one attached hydrogen (secondary N) is 1. The molecule has 8 nitrogen and oxygen atoms in total. The smallest absolute Gasteiger partial charge is 0.229 e. The van der Waals surface area contributed by atoms with E-state index in [-0.39, 0.29) is 18.2 Å². The molecule has 2 fully saturated rings. The number of nitrogens with zero attached hydrogens (tertiary/aromatic N) is 3. The maximum atomic E-state index is 13.0. The first-order chi connectivity index (χ1) is 17.0. The highest BCUT2D eigenvalue weighted by molar-refractivity contribution is 6.04. The number of rotatable bonds is 7. The van der Waals surface area contributed by atoms with E-state index in [0.717, 1.165) is 61.5 Å². The van der Waals surface area contributed by atoms with Crippen LogP contribution in [0.25, 0.3) is 10.9 Å². The van der Waals surface area contributed by atoms with E-state index in [1.807, 2.05) is 43.3 Å². The van der Waals surface area contributed by atoms with Crippen molar-refractivity contribution in [1.29, 1.82) is 0 Å². The summed E-state index contributed by atoms with van der Waals surface area (Å²) < 4.78 is 13.1. The molecule has 1 N–H and O–H groups in total. The molecule has 0 radical (unpaired) electrons. The zero-order valence-electron chi connectivity index (χ0n) is 20.3. The largest absolute Gasteiger partial charge is 0.495 e. The number of methoxy groups -OCH3 is 1. The summed E-state index contributed by atoms with van der Waals surface area (Å²) in [7, 11) is 1.59. The summed E-state index contributed by atoms with van der Waals surface area (Å²) in [5.41, 5.74) is 3.64. The Bertz CT molecular complexity index is 1230. The van der Waals surface area contributed by atoms with Gasteiger partial charge in [0.15, 0.2) is 0 Å². The summed E-state index contributed by atoms with van der Waals surface area (Å²) >= 11 is 0. The molecule has 1 atom stereocenters. The second-order valence-electron chi connectivity index (χ2n) is 9.31. The van der Waals surface area contributed by atoms with Crippen LogP contribution in [0.4, 0.5) is 11.4 Å². The van der Waals surface area contributed by atoms with Gasteiger partial charge in [-0.3, -0.25) is 14.5 Å². The molecule has 2 saturated heterocycles. The molecule has 2 aliphatic heterocycles. The van der Waals surface area contributed by atoms with Crippen molar-refractivity contribution >= 4 is 34.1 Å². The van der Waals surface area contributed by atoms with Crippen LogP contribution in [0.2, 0.25) is 0 Å². The minimum atomic E-state index is -0.415. The molecule has 0 aliphatic carbocycles. The summed E-state index contributed by atoms with van der Waals surface area (Å²) in [5, 5.41) is 4.10. The standard InChI is InChI=1S/C27H32N4O4/c1-19-3-6-25(34-2)24(15-19)31-18-21(17-26(31)32)27(33)28-22-4-5-23-20(16-22)7-8-30(23)10-9-29-11-13-35-14-12-29/h3-8,15-16,21H,9-14,17-18H2,1-2H3,(H,28,33). The number of benzene rings is 2. The molecule has 184 valence electrons. The molecule has 35 heavy (non-hydrogen) atoms. The summed E-state index contributed by atoms with van der Waals surface area (Å²) in [5.74, 6) is 0.00976. The molecule has 1 aromatic heterocycles. The Morgan fingerprint density at radius 2 is 1.94 bits per heavy atom. The van der Waals surface area contributed by atoms with Crippen LogP contribution in [-0.2, 0) is 20.9 Å². The van der Waals surface area contributed by atoms with Crippen LogP contribution in [0.3, 0.4) is 0 Å². The topological polar surface area (TPSA) is 76.0 Å². The number of aryl methyl sites for hydroxylation is 1. The number of ether oxygens (including phenoxy) is 2. The molecule has 0 bridgehead atoms. The van der Waals surface area contributed by atoms with Crippen molar-refractivity contribution in [3.8, 4) is 5.75 Å². The Balaban J connectivity index is 1.23. The molecule has 2 amide bonds. The molecule has 2 aromatic carbocycles. The lowest BCUT2D eigenvalue weighted by atomic mass is 10.1. The number of amides is 2. The Morgan fingerprint density at radius 3 is 2.74 bits per heavy atom. The number of morpholine rings is 1. The molecule has 0 spiro atoms. The predicted octanol–water partition coefficient (Wildman–Crippen LogP) is 3.28. The van der Waals surface area contributed by atoms with E-state index in [9.17, 15) is 9.59 Å². The quantitative estimate of drug-likeness (QED) is 0.567. The van der Waals surface area contributed by atoms with Gasteiger partial charge in [0, 0.05) is 61.9 Å². The van der Waals surface area contributed by atoms with Crippen LogP contribution in [0, 0.1) is 12.8 Å². The fourth-order valence-corrected chi connectivity index (χ4v) is 4.92. The van der Waals surface area contributed by atoms with E-state index in [0.29, 0.717) is 18.0 Å². The van der Waals surface area contributed by atoms with Gasteiger partial charge in [0.2, 0.25) is 11.8 Å². The van der Waals surface area contributed by atoms with E-state index in [4.69, 9.17) is 9.47 Å². The van der Waals surface area contributed by atoms with Gasteiger partial charge in [-0.1, -0.05) is 6.07 Å². The number of carbonyl (C=O) groups is 2. The van der Waals surface area contributed by atoms with Crippen molar-refractivity contribution < 1.29 is 19.1 Å². The van der Waals surface area contributed by atoms with Gasteiger partial charge in [-0.2, -0.15) is 0 Å². The Labute approximate surface area is 205 Å². The van der Waals surface area contributed by atoms with Gasteiger partial charge < -0.3 is 24.3 Å². The molecule has 3 heterocycles. The zero-order chi connectivity index (χ0) is 24.4. The van der Waals surface area contributed by atoms with Crippen LogP contribution in [-0.4, -0.2) is 67.8 Å². The molecule has 5 rings (SSSR count). The van der Waals surface area contributed by atoms with Crippen LogP contribution in [0.15, 0.2) is 48.7 Å². The van der Waals surface area contributed by atoms with Crippen molar-refractivity contribution in [3.63, 3.8) is 0 Å². The van der Waals surface area contributed by atoms with Crippen molar-refractivity contribution in [1.82, 2.24) is 9.47 Å². The molecule has 8 heteroatoms. The van der Waals surface area contributed by atoms with E-state index in [1.54, 1.807) is 12.0 Å². The Kier molecular flexibility index (Phi) is 6.74. The lowest BCUT2D eigenvalue weighted by molar-refractivity contribution is -0.122. The maximum absolute atomic E-state index is 13.0. The van der Waals surface area contributed by atoms with Gasteiger partial charge in [0.25, 0.3) is 0 Å². The van der Waals surface area contributed by atoms with Crippen molar-refractivity contribution in [2.45, 2.75) is 19.9 Å². The van der Waals surface area contributed by atoms with Crippen molar-refractivity contribution in [3.05, 3.63) is 54.2 Å². The lowest BCUT2D eigenvalue weighted by Crippen LogP contribution is -2.38. The van der Waals surface area contributed by atoms with Gasteiger partial charge in [-0.15, -0.1) is 0 Å². The molecule has 2 aliphatic rings. The third-order valence-corrected chi connectivity index (χ3v) is 6.92. The SMILES string of the molecule is COc1ccc(C)cc1N1CC(C(=O)Nc2ccc3c(ccn3CCN3CCOCC3)c2)CC1=O. The summed E-state index contributed by atoms with van der Waals surface area (Å²) in [6, 6.07) is 13.8. The average Bonchev–Trinajstić information content (AvgIpc) is 3.46. The fraction of sp³-hybridized carbons (Fsp3) is 0.407. The first-order valence-corrected chi connectivity index (χ1v) is 12.2. The zero-order valence-corrected chi connectivity index (χ0v) is 20.3. The normalized spacial score (nSPS) is 18.9. The molecular formula is C27H32N4O4. The first kappa shape index (κ1) is 23.4. The van der Waals surface area contributed by atoms with Crippen molar-refractivity contribution in [2.24, 2.45) is 5.92 Å². The van der Waals surface area contributed by atoms with Crippen molar-refractivity contribution in [2.75, 3.05) is 56.7 Å². The number of hydrogen-bond acceptors (Lipinski definition) is 5. The highest BCUT2D eigenvalue weighted by atomic mass is 16.5. The second kappa shape index (κ2) is 10.1. The summed E-state index contributed by atoms with van der Waals surface area (Å²) in [6.45, 7) is 7.78. The number of hydrogen-bond donors (Lipinski definition) is 1. The summed E-state index contributed by atoms with van der Waals surface area (Å²) in [6.07, 6.45) is 2.28. The Morgan fingerprint density at radius 1 is 1.11 bits per heavy atom. The van der Waals surface area contributed by atoms with E-state index < -0.39 is 5.92 Å². The fourth-order valence-electron chi connectivity index (χ4n) is 4.92. The van der Waals surface area contributed by atoms with Gasteiger partial charge in [0.05, 0.1) is 31.9 Å². The highest BCUT2D eigenvalue weighted by Gasteiger charge is 2.36. The minimum Gasteiger partial charge on any atom is -0.495 e. The van der Waals surface area contributed by atoms with Crippen LogP contribution in [0.1, 0.15) is 12.0 Å². The molecule has 3 aromatic rings.